The van der Waals surface area contributed by atoms with Gasteiger partial charge in [0.05, 0.1) is 0 Å². The molecule has 0 atom stereocenters. The minimum Gasteiger partial charge on any atom is -0.492 e. The number of ether oxygens (including phenoxy) is 2. The summed E-state index contributed by atoms with van der Waals surface area (Å²) < 4.78 is 11.3. The minimum absolute atomic E-state index is 0.558. The molecule has 23 heavy (non-hydrogen) atoms. The highest BCUT2D eigenvalue weighted by Gasteiger charge is 2.29. The zero-order chi connectivity index (χ0) is 17.3. The van der Waals surface area contributed by atoms with Gasteiger partial charge in [-0.2, -0.15) is 0 Å². The molecule has 0 bridgehead atoms. The molecule has 0 heterocycles. The second-order valence-corrected chi connectivity index (χ2v) is 6.15. The Kier molecular flexibility index (Phi) is 7.89. The summed E-state index contributed by atoms with van der Waals surface area (Å²) in [6.07, 6.45) is 3.67. The van der Waals surface area contributed by atoms with Gasteiger partial charge in [-0.25, -0.2) is 4.79 Å². The number of carbonyl (C=O) groups is 1. The Morgan fingerprint density at radius 2 is 2.00 bits per heavy atom. The molecule has 1 aromatic rings. The summed E-state index contributed by atoms with van der Waals surface area (Å²) in [6.45, 7) is 9.57. The molecule has 2 N–H and O–H groups in total. The summed E-state index contributed by atoms with van der Waals surface area (Å²) in [6, 6.07) is 5.42. The molecular formula is C18H29NO4. The van der Waals surface area contributed by atoms with E-state index in [0.717, 1.165) is 24.4 Å². The largest absolute Gasteiger partial charge is 0.492 e. The van der Waals surface area contributed by atoms with E-state index in [1.807, 2.05) is 13.0 Å². The van der Waals surface area contributed by atoms with Crippen LogP contribution in [-0.4, -0.2) is 36.4 Å². The first-order chi connectivity index (χ1) is 10.9. The van der Waals surface area contributed by atoms with E-state index in [1.54, 1.807) is 12.1 Å². The number of hydrogen-bond donors (Lipinski definition) is 2. The van der Waals surface area contributed by atoms with Crippen molar-refractivity contribution in [1.82, 2.24) is 5.32 Å². The van der Waals surface area contributed by atoms with Crippen molar-refractivity contribution in [2.24, 2.45) is 0 Å². The summed E-state index contributed by atoms with van der Waals surface area (Å²) in [5.41, 5.74) is -0.400. The normalized spacial score (nSPS) is 11.3. The van der Waals surface area contributed by atoms with Gasteiger partial charge in [0.1, 0.15) is 18.1 Å². The average molecular weight is 323 g/mol. The lowest BCUT2D eigenvalue weighted by Gasteiger charge is -2.23. The van der Waals surface area contributed by atoms with Gasteiger partial charge in [-0.15, -0.1) is 0 Å². The highest BCUT2D eigenvalue weighted by molar-refractivity contribution is 5.76. The first-order valence-electron chi connectivity index (χ1n) is 8.23. The zero-order valence-electron chi connectivity index (χ0n) is 14.6. The lowest BCUT2D eigenvalue weighted by molar-refractivity contribution is -0.152. The fraction of sp³-hybridized carbons (Fsp3) is 0.611. The van der Waals surface area contributed by atoms with Gasteiger partial charge in [-0.05, 0) is 57.5 Å². The molecule has 0 aromatic heterocycles. The molecule has 0 unspecified atom stereocenters. The molecule has 0 radical (unpaired) electrons. The van der Waals surface area contributed by atoms with Crippen LogP contribution in [0.15, 0.2) is 18.2 Å². The number of hydrogen-bond acceptors (Lipinski definition) is 4. The molecule has 0 aliphatic carbocycles. The van der Waals surface area contributed by atoms with E-state index in [4.69, 9.17) is 14.6 Å². The summed E-state index contributed by atoms with van der Waals surface area (Å²) >= 11 is 0. The van der Waals surface area contributed by atoms with E-state index in [0.29, 0.717) is 12.4 Å². The van der Waals surface area contributed by atoms with Gasteiger partial charge in [0.25, 0.3) is 0 Å². The lowest BCUT2D eigenvalue weighted by atomic mass is 10.1. The number of carboxylic acids is 1. The fourth-order valence-corrected chi connectivity index (χ4v) is 2.01. The molecule has 5 heteroatoms. The molecule has 0 spiro atoms. The Morgan fingerprint density at radius 1 is 1.26 bits per heavy atom. The number of aliphatic carboxylic acids is 1. The predicted octanol–water partition coefficient (Wildman–Crippen LogP) is 3.40. The van der Waals surface area contributed by atoms with E-state index in [-0.39, 0.29) is 0 Å². The quantitative estimate of drug-likeness (QED) is 0.611. The van der Waals surface area contributed by atoms with Crippen LogP contribution in [0.4, 0.5) is 0 Å². The van der Waals surface area contributed by atoms with Crippen molar-refractivity contribution in [3.63, 3.8) is 0 Å². The molecule has 0 fully saturated rings. The molecule has 0 saturated heterocycles. The Morgan fingerprint density at radius 3 is 2.61 bits per heavy atom. The molecule has 5 nitrogen and oxygen atoms in total. The number of aryl methyl sites for hydroxylation is 1. The van der Waals surface area contributed by atoms with Crippen LogP contribution in [0.5, 0.6) is 11.5 Å². The number of benzene rings is 1. The predicted molar refractivity (Wildman–Crippen MR) is 91.4 cm³/mol. The van der Waals surface area contributed by atoms with Crippen LogP contribution in [0.3, 0.4) is 0 Å². The number of carboxylic acid groups (broad SMARTS) is 1. The van der Waals surface area contributed by atoms with Gasteiger partial charge < -0.3 is 19.9 Å². The lowest BCUT2D eigenvalue weighted by Crippen LogP contribution is -2.38. The molecule has 1 aromatic carbocycles. The Labute approximate surface area is 139 Å². The van der Waals surface area contributed by atoms with Crippen molar-refractivity contribution in [2.75, 3.05) is 19.7 Å². The maximum absolute atomic E-state index is 11.1. The van der Waals surface area contributed by atoms with Crippen molar-refractivity contribution in [3.05, 3.63) is 23.8 Å². The molecule has 0 aliphatic heterocycles. The summed E-state index contributed by atoms with van der Waals surface area (Å²) in [4.78, 5) is 11.1. The number of rotatable bonds is 11. The zero-order valence-corrected chi connectivity index (χ0v) is 14.6. The van der Waals surface area contributed by atoms with Crippen LogP contribution in [-0.2, 0) is 4.79 Å². The maximum atomic E-state index is 11.1. The fourth-order valence-electron chi connectivity index (χ4n) is 2.01. The highest BCUT2D eigenvalue weighted by atomic mass is 16.5. The third-order valence-electron chi connectivity index (χ3n) is 3.53. The summed E-state index contributed by atoms with van der Waals surface area (Å²) in [5.74, 6) is 0.326. The topological polar surface area (TPSA) is 67.8 Å². The third-order valence-corrected chi connectivity index (χ3v) is 3.53. The molecule has 0 saturated carbocycles. The van der Waals surface area contributed by atoms with Crippen molar-refractivity contribution in [2.45, 2.75) is 52.6 Å². The number of unbranched alkanes of at least 4 members (excludes halogenated alkanes) is 2. The first-order valence-corrected chi connectivity index (χ1v) is 8.23. The van der Waals surface area contributed by atoms with Crippen LogP contribution in [0.25, 0.3) is 0 Å². The molecular weight excluding hydrogens is 294 g/mol. The standard InChI is InChI=1S/C18H29NO4/c1-5-6-7-10-19-11-12-22-15-8-9-16(14(2)13-15)23-18(3,4)17(20)21/h8-9,13,19H,5-7,10-12H2,1-4H3,(H,20,21). The Balaban J connectivity index is 2.42. The van der Waals surface area contributed by atoms with E-state index in [9.17, 15) is 4.79 Å². The maximum Gasteiger partial charge on any atom is 0.347 e. The van der Waals surface area contributed by atoms with E-state index >= 15 is 0 Å². The third kappa shape index (κ3) is 6.91. The van der Waals surface area contributed by atoms with Crippen LogP contribution in [0, 0.1) is 6.92 Å². The van der Waals surface area contributed by atoms with Crippen molar-refractivity contribution >= 4 is 5.97 Å². The monoisotopic (exact) mass is 323 g/mol. The highest BCUT2D eigenvalue weighted by Crippen LogP contribution is 2.26. The van der Waals surface area contributed by atoms with Crippen LogP contribution in [0.2, 0.25) is 0 Å². The minimum atomic E-state index is -1.25. The Hall–Kier alpha value is -1.75. The summed E-state index contributed by atoms with van der Waals surface area (Å²) in [7, 11) is 0. The van der Waals surface area contributed by atoms with Crippen LogP contribution < -0.4 is 14.8 Å². The van der Waals surface area contributed by atoms with Gasteiger partial charge in [0.2, 0.25) is 0 Å². The smallest absolute Gasteiger partial charge is 0.347 e. The van der Waals surface area contributed by atoms with Crippen LogP contribution >= 0.6 is 0 Å². The average Bonchev–Trinajstić information content (AvgIpc) is 2.48. The van der Waals surface area contributed by atoms with Crippen molar-refractivity contribution in [1.29, 1.82) is 0 Å². The van der Waals surface area contributed by atoms with E-state index in [1.165, 1.54) is 33.1 Å². The Bertz CT molecular complexity index is 500. The second-order valence-electron chi connectivity index (χ2n) is 6.15. The van der Waals surface area contributed by atoms with Crippen molar-refractivity contribution in [3.8, 4) is 11.5 Å². The van der Waals surface area contributed by atoms with Gasteiger partial charge in [-0.3, -0.25) is 0 Å². The SMILES string of the molecule is CCCCCNCCOc1ccc(OC(C)(C)C(=O)O)c(C)c1. The molecule has 0 amide bonds. The van der Waals surface area contributed by atoms with Gasteiger partial charge >= 0.3 is 5.97 Å². The second kappa shape index (κ2) is 9.40. The van der Waals surface area contributed by atoms with Crippen molar-refractivity contribution < 1.29 is 19.4 Å². The van der Waals surface area contributed by atoms with Gasteiger partial charge in [0, 0.05) is 6.54 Å². The molecule has 130 valence electrons. The number of nitrogens with one attached hydrogen (secondary N) is 1. The molecule has 1 rings (SSSR count). The van der Waals surface area contributed by atoms with Gasteiger partial charge in [0.15, 0.2) is 5.60 Å². The van der Waals surface area contributed by atoms with Crippen LogP contribution in [0.1, 0.15) is 45.6 Å². The van der Waals surface area contributed by atoms with Gasteiger partial charge in [-0.1, -0.05) is 19.8 Å². The molecule has 0 aliphatic rings. The summed E-state index contributed by atoms with van der Waals surface area (Å²) in [5, 5.41) is 12.5. The van der Waals surface area contributed by atoms with E-state index in [2.05, 4.69) is 12.2 Å². The van der Waals surface area contributed by atoms with E-state index < -0.39 is 11.6 Å². The first kappa shape index (κ1) is 19.3.